The standard InChI is InChI=1S/C32H36N2O12S/c1-14(7-8-42-17-4-5-18-21(11-17)47-12-33-18)28-26(39)27(40)32(46-28)45-20-6-3-16(10-19(20)35)9-15(2)31(41)34-22-23(36)25(38)30-29(24(22)37)43-13-44-30/h3-7,9-12,22-30,32,35-40H,8,13H2,1-2H3,(H,34,41)/b14-7-,15-9?/t22-,23+,24-,25-,26+,27+,28-,29+,30-,32-/m1/s1. The van der Waals surface area contributed by atoms with Crippen molar-refractivity contribution in [3.05, 3.63) is 64.7 Å². The molecule has 0 spiro atoms. The molecule has 1 saturated carbocycles. The van der Waals surface area contributed by atoms with Crippen molar-refractivity contribution < 1.29 is 59.1 Å². The second-order valence-corrected chi connectivity index (χ2v) is 12.6. The number of aliphatic hydroxyl groups excluding tert-OH is 5. The molecule has 2 aromatic carbocycles. The van der Waals surface area contributed by atoms with Crippen molar-refractivity contribution >= 4 is 33.5 Å². The van der Waals surface area contributed by atoms with Gasteiger partial charge >= 0.3 is 0 Å². The molecule has 1 amide bonds. The van der Waals surface area contributed by atoms with Gasteiger partial charge in [0.15, 0.2) is 11.5 Å². The Bertz CT molecular complexity index is 1660. The number of ether oxygens (including phenoxy) is 5. The molecular formula is C32H36N2O12S. The minimum Gasteiger partial charge on any atom is -0.504 e. The van der Waals surface area contributed by atoms with Crippen molar-refractivity contribution in [3.8, 4) is 17.2 Å². The first-order valence-corrected chi connectivity index (χ1v) is 15.8. The van der Waals surface area contributed by atoms with Crippen LogP contribution in [0.3, 0.4) is 0 Å². The van der Waals surface area contributed by atoms with E-state index in [-0.39, 0.29) is 30.5 Å². The fourth-order valence-corrected chi connectivity index (χ4v) is 6.52. The summed E-state index contributed by atoms with van der Waals surface area (Å²) in [7, 11) is 0. The zero-order valence-corrected chi connectivity index (χ0v) is 26.2. The summed E-state index contributed by atoms with van der Waals surface area (Å²) in [5.74, 6) is -0.307. The van der Waals surface area contributed by atoms with Crippen LogP contribution < -0.4 is 14.8 Å². The number of fused-ring (bicyclic) bond motifs is 2. The number of nitrogens with one attached hydrogen (secondary N) is 1. The Morgan fingerprint density at radius 2 is 1.77 bits per heavy atom. The highest BCUT2D eigenvalue weighted by Gasteiger charge is 2.53. The summed E-state index contributed by atoms with van der Waals surface area (Å²) in [4.78, 5) is 17.1. The van der Waals surface area contributed by atoms with E-state index in [0.717, 1.165) is 10.2 Å². The molecule has 7 N–H and O–H groups in total. The number of nitrogens with zero attached hydrogens (tertiary/aromatic N) is 1. The molecule has 1 aliphatic carbocycles. The van der Waals surface area contributed by atoms with Crippen LogP contribution >= 0.6 is 11.3 Å². The lowest BCUT2D eigenvalue weighted by Crippen LogP contribution is -2.67. The second kappa shape index (κ2) is 13.8. The molecule has 1 aromatic heterocycles. The SMILES string of the molecule is CC(=Cc1ccc(O[C@@H]2O[C@H](/C(C)=C\COc3ccc4ncsc4c3)[C@@H](O)[C@@H]2O)c(O)c1)C(=O)N[C@@H]1[C@H](O)[C@@H](O)[C@H]2OCO[C@H]2[C@@H]1O. The number of phenolic OH excluding ortho intramolecular Hbond substituents is 1. The summed E-state index contributed by atoms with van der Waals surface area (Å²) in [6.45, 7) is 3.29. The van der Waals surface area contributed by atoms with E-state index in [9.17, 15) is 35.4 Å². The molecule has 2 aliphatic heterocycles. The third kappa shape index (κ3) is 6.85. The molecule has 14 nitrogen and oxygen atoms in total. The van der Waals surface area contributed by atoms with Gasteiger partial charge in [0, 0.05) is 5.57 Å². The normalized spacial score (nSPS) is 32.7. The summed E-state index contributed by atoms with van der Waals surface area (Å²) >= 11 is 1.51. The van der Waals surface area contributed by atoms with Gasteiger partial charge < -0.3 is 59.6 Å². The van der Waals surface area contributed by atoms with Crippen LogP contribution in [0, 0.1) is 0 Å². The van der Waals surface area contributed by atoms with Gasteiger partial charge in [-0.25, -0.2) is 4.98 Å². The monoisotopic (exact) mass is 672 g/mol. The highest BCUT2D eigenvalue weighted by molar-refractivity contribution is 7.16. The topological polar surface area (TPSA) is 210 Å². The minimum absolute atomic E-state index is 0.0274. The number of aliphatic hydroxyl groups is 5. The molecule has 15 heteroatoms. The van der Waals surface area contributed by atoms with Crippen LogP contribution in [0.5, 0.6) is 17.2 Å². The van der Waals surface area contributed by atoms with Crippen molar-refractivity contribution in [2.24, 2.45) is 0 Å². The molecule has 3 heterocycles. The predicted octanol–water partition coefficient (Wildman–Crippen LogP) is 0.579. The Hall–Kier alpha value is -3.64. The third-order valence-electron chi connectivity index (χ3n) is 8.50. The zero-order valence-electron chi connectivity index (χ0n) is 25.4. The van der Waals surface area contributed by atoms with Gasteiger partial charge in [-0.15, -0.1) is 11.3 Å². The fraction of sp³-hybridized carbons (Fsp3) is 0.438. The van der Waals surface area contributed by atoms with E-state index in [1.54, 1.807) is 24.6 Å². The van der Waals surface area contributed by atoms with Gasteiger partial charge in [0.1, 0.15) is 68.0 Å². The molecule has 47 heavy (non-hydrogen) atoms. The third-order valence-corrected chi connectivity index (χ3v) is 9.29. The Morgan fingerprint density at radius 1 is 1.00 bits per heavy atom. The quantitative estimate of drug-likeness (QED) is 0.123. The van der Waals surface area contributed by atoms with Gasteiger partial charge in [-0.3, -0.25) is 4.79 Å². The molecule has 10 atom stereocenters. The van der Waals surface area contributed by atoms with Crippen LogP contribution in [0.2, 0.25) is 0 Å². The molecule has 3 aromatic rings. The second-order valence-electron chi connectivity index (χ2n) is 11.7. The van der Waals surface area contributed by atoms with Crippen LogP contribution in [-0.4, -0.2) is 116 Å². The summed E-state index contributed by atoms with van der Waals surface area (Å²) in [6, 6.07) is 8.67. The first-order chi connectivity index (χ1) is 22.5. The Labute approximate surface area is 273 Å². The Balaban J connectivity index is 1.05. The number of phenols is 1. The molecule has 252 valence electrons. The van der Waals surface area contributed by atoms with Crippen LogP contribution in [0.15, 0.2) is 59.1 Å². The lowest BCUT2D eigenvalue weighted by Gasteiger charge is -2.41. The van der Waals surface area contributed by atoms with Gasteiger partial charge in [0.05, 0.1) is 21.8 Å². The van der Waals surface area contributed by atoms with Crippen LogP contribution in [0.25, 0.3) is 16.3 Å². The van der Waals surface area contributed by atoms with Crippen molar-refractivity contribution in [2.75, 3.05) is 13.4 Å². The molecule has 0 radical (unpaired) electrons. The summed E-state index contributed by atoms with van der Waals surface area (Å²) in [5.41, 5.74) is 3.86. The first-order valence-electron chi connectivity index (χ1n) is 14.9. The number of aromatic hydroxyl groups is 1. The zero-order chi connectivity index (χ0) is 33.4. The average Bonchev–Trinajstić information content (AvgIpc) is 3.80. The summed E-state index contributed by atoms with van der Waals surface area (Å²) < 4.78 is 28.8. The maximum atomic E-state index is 12.9. The molecule has 0 bridgehead atoms. The number of carbonyl (C=O) groups is 1. The van der Waals surface area contributed by atoms with Gasteiger partial charge in [-0.1, -0.05) is 6.07 Å². The highest BCUT2D eigenvalue weighted by atomic mass is 32.1. The van der Waals surface area contributed by atoms with E-state index < -0.39 is 67.1 Å². The van der Waals surface area contributed by atoms with Crippen molar-refractivity contribution in [3.63, 3.8) is 0 Å². The number of rotatable bonds is 9. The lowest BCUT2D eigenvalue weighted by atomic mass is 9.83. The maximum absolute atomic E-state index is 12.9. The van der Waals surface area contributed by atoms with Crippen LogP contribution in [0.4, 0.5) is 0 Å². The number of carbonyl (C=O) groups excluding carboxylic acids is 1. The highest BCUT2D eigenvalue weighted by Crippen LogP contribution is 2.34. The molecule has 3 aliphatic rings. The fourth-order valence-electron chi connectivity index (χ4n) is 5.82. The smallest absolute Gasteiger partial charge is 0.247 e. The van der Waals surface area contributed by atoms with Crippen LogP contribution in [-0.2, 0) is 19.0 Å². The van der Waals surface area contributed by atoms with E-state index in [2.05, 4.69) is 10.3 Å². The average molecular weight is 673 g/mol. The molecule has 6 rings (SSSR count). The van der Waals surface area contributed by atoms with Crippen molar-refractivity contribution in [1.29, 1.82) is 0 Å². The predicted molar refractivity (Wildman–Crippen MR) is 166 cm³/mol. The largest absolute Gasteiger partial charge is 0.504 e. The summed E-state index contributed by atoms with van der Waals surface area (Å²) in [5, 5.41) is 65.9. The van der Waals surface area contributed by atoms with Crippen molar-refractivity contribution in [2.45, 2.75) is 75.0 Å². The molecular weight excluding hydrogens is 636 g/mol. The molecule has 2 saturated heterocycles. The molecule has 0 unspecified atom stereocenters. The van der Waals surface area contributed by atoms with E-state index >= 15 is 0 Å². The van der Waals surface area contributed by atoms with Gasteiger partial charge in [-0.2, -0.15) is 0 Å². The number of hydrogen-bond acceptors (Lipinski definition) is 14. The number of hydrogen-bond donors (Lipinski definition) is 7. The van der Waals surface area contributed by atoms with Crippen molar-refractivity contribution in [1.82, 2.24) is 10.3 Å². The lowest BCUT2D eigenvalue weighted by molar-refractivity contribution is -0.155. The van der Waals surface area contributed by atoms with E-state index in [1.807, 2.05) is 18.2 Å². The first kappa shape index (κ1) is 33.3. The minimum atomic E-state index is -1.49. The number of benzene rings is 2. The molecule has 3 fully saturated rings. The van der Waals surface area contributed by atoms with Gasteiger partial charge in [0.2, 0.25) is 12.2 Å². The maximum Gasteiger partial charge on any atom is 0.247 e. The Kier molecular flexibility index (Phi) is 9.80. The van der Waals surface area contributed by atoms with E-state index in [4.69, 9.17) is 23.7 Å². The summed E-state index contributed by atoms with van der Waals surface area (Å²) in [6.07, 6.45) is -7.67. The Morgan fingerprint density at radius 3 is 2.53 bits per heavy atom. The number of thiazole rings is 1. The van der Waals surface area contributed by atoms with E-state index in [1.165, 1.54) is 36.5 Å². The number of aromatic nitrogens is 1. The van der Waals surface area contributed by atoms with E-state index in [0.29, 0.717) is 16.9 Å². The van der Waals surface area contributed by atoms with Gasteiger partial charge in [0.25, 0.3) is 0 Å². The number of amides is 1. The van der Waals surface area contributed by atoms with Crippen LogP contribution in [0.1, 0.15) is 19.4 Å². The van der Waals surface area contributed by atoms with Gasteiger partial charge in [-0.05, 0) is 67.5 Å².